The summed E-state index contributed by atoms with van der Waals surface area (Å²) in [7, 11) is 0. The first-order valence-electron chi connectivity index (χ1n) is 7.58. The molecule has 0 N–H and O–H groups in total. The molecule has 1 rings (SSSR count). The molecule has 0 bridgehead atoms. The van der Waals surface area contributed by atoms with Crippen LogP contribution in [0.15, 0.2) is 0 Å². The van der Waals surface area contributed by atoms with E-state index in [2.05, 4.69) is 53.5 Å². The molecule has 0 saturated heterocycles. The van der Waals surface area contributed by atoms with Crippen LogP contribution >= 0.6 is 0 Å². The molecule has 110 valence electrons. The Balaban J connectivity index is 0.00000324. The first-order chi connectivity index (χ1) is 8.12. The predicted molar refractivity (Wildman–Crippen MR) is 80.6 cm³/mol. The highest BCUT2D eigenvalue weighted by atomic mass is 16.7. The van der Waals surface area contributed by atoms with Gasteiger partial charge in [0.2, 0.25) is 0 Å². The number of rotatable bonds is 3. The molecule has 1 unspecified atom stereocenters. The molecule has 0 aliphatic heterocycles. The van der Waals surface area contributed by atoms with Crippen LogP contribution in [0.3, 0.4) is 0 Å². The first-order valence-corrected chi connectivity index (χ1v) is 7.58. The highest BCUT2D eigenvalue weighted by Crippen LogP contribution is 2.32. The lowest BCUT2D eigenvalue weighted by atomic mass is 9.86. The topological polar surface area (TPSA) is 12.5 Å². The van der Waals surface area contributed by atoms with E-state index in [0.717, 1.165) is 0 Å². The van der Waals surface area contributed by atoms with Crippen molar-refractivity contribution in [2.45, 2.75) is 98.3 Å². The van der Waals surface area contributed by atoms with Gasteiger partial charge in [0.15, 0.2) is 0 Å². The molecule has 0 spiro atoms. The Morgan fingerprint density at radius 1 is 1.00 bits per heavy atom. The van der Waals surface area contributed by atoms with Crippen molar-refractivity contribution in [2.24, 2.45) is 5.41 Å². The average molecular weight is 257 g/mol. The van der Waals surface area contributed by atoms with E-state index in [1.165, 1.54) is 32.1 Å². The van der Waals surface area contributed by atoms with E-state index in [1.54, 1.807) is 0 Å². The van der Waals surface area contributed by atoms with Crippen LogP contribution in [0, 0.1) is 5.41 Å². The van der Waals surface area contributed by atoms with E-state index in [4.69, 9.17) is 4.84 Å². The summed E-state index contributed by atoms with van der Waals surface area (Å²) < 4.78 is 0. The molecule has 0 aromatic carbocycles. The average Bonchev–Trinajstić information content (AvgIpc) is 2.23. The normalized spacial score (nSPS) is 21.3. The monoisotopic (exact) mass is 257 g/mol. The summed E-state index contributed by atoms with van der Waals surface area (Å²) in [6.45, 7) is 15.9. The van der Waals surface area contributed by atoms with E-state index in [-0.39, 0.29) is 12.4 Å². The number of hydrogen-bond donors (Lipinski definition) is 0. The Kier molecular flexibility index (Phi) is 5.25. The summed E-state index contributed by atoms with van der Waals surface area (Å²) in [6.07, 6.45) is 6.92. The van der Waals surface area contributed by atoms with Gasteiger partial charge in [-0.15, -0.1) is 0 Å². The summed E-state index contributed by atoms with van der Waals surface area (Å²) >= 11 is 0. The quantitative estimate of drug-likeness (QED) is 0.657. The number of nitrogens with zero attached hydrogens (tertiary/aromatic N) is 1. The Bertz CT molecular complexity index is 248. The van der Waals surface area contributed by atoms with Gasteiger partial charge in [0.25, 0.3) is 0 Å². The lowest BCUT2D eigenvalue weighted by Crippen LogP contribution is -2.53. The first kappa shape index (κ1) is 16.0. The van der Waals surface area contributed by atoms with Crippen molar-refractivity contribution in [1.82, 2.24) is 5.06 Å². The molecular weight excluding hydrogens is 222 g/mol. The van der Waals surface area contributed by atoms with E-state index in [9.17, 15) is 0 Å². The summed E-state index contributed by atoms with van der Waals surface area (Å²) in [5, 5.41) is 2.25. The largest absolute Gasteiger partial charge is 0.295 e. The Hall–Kier alpha value is -0.0800. The van der Waals surface area contributed by atoms with Gasteiger partial charge < -0.3 is 0 Å². The van der Waals surface area contributed by atoms with Crippen LogP contribution in [0.25, 0.3) is 0 Å². The Morgan fingerprint density at radius 2 is 1.50 bits per heavy atom. The molecule has 1 atom stereocenters. The maximum absolute atomic E-state index is 6.38. The van der Waals surface area contributed by atoms with Crippen molar-refractivity contribution in [1.29, 1.82) is 0 Å². The Morgan fingerprint density at radius 3 is 1.89 bits per heavy atom. The van der Waals surface area contributed by atoms with Crippen molar-refractivity contribution in [3.05, 3.63) is 0 Å². The zero-order chi connectivity index (χ0) is 14.0. The molecule has 0 aromatic heterocycles. The fourth-order valence-electron chi connectivity index (χ4n) is 2.51. The molecule has 0 radical (unpaired) electrons. The van der Waals surface area contributed by atoms with E-state index >= 15 is 0 Å². The van der Waals surface area contributed by atoms with Crippen molar-refractivity contribution < 1.29 is 6.26 Å². The molecular formula is C16H35NO. The fraction of sp³-hybridized carbons (Fsp3) is 1.00. The second-order valence-electron chi connectivity index (χ2n) is 7.90. The van der Waals surface area contributed by atoms with Crippen LogP contribution in [0.2, 0.25) is 0 Å². The zero-order valence-electron chi connectivity index (χ0n) is 13.5. The van der Waals surface area contributed by atoms with Crippen LogP contribution in [0.5, 0.6) is 0 Å². The van der Waals surface area contributed by atoms with Crippen molar-refractivity contribution in [3.8, 4) is 0 Å². The lowest BCUT2D eigenvalue weighted by molar-refractivity contribution is -0.280. The minimum Gasteiger partial charge on any atom is -0.295 e. The van der Waals surface area contributed by atoms with Crippen molar-refractivity contribution >= 4 is 0 Å². The third kappa shape index (κ3) is 4.55. The molecule has 1 saturated carbocycles. The predicted octanol–water partition coefficient (Wildman–Crippen LogP) is 5.03. The molecule has 1 aliphatic rings. The summed E-state index contributed by atoms with van der Waals surface area (Å²) in [5.41, 5.74) is 0.298. The highest BCUT2D eigenvalue weighted by Gasteiger charge is 2.36. The molecule has 18 heavy (non-hydrogen) atoms. The van der Waals surface area contributed by atoms with Gasteiger partial charge in [-0.25, -0.2) is 0 Å². The maximum Gasteiger partial charge on any atom is 0.0793 e. The second-order valence-corrected chi connectivity index (χ2v) is 7.90. The lowest BCUT2D eigenvalue weighted by Gasteiger charge is -2.46. The third-order valence-corrected chi connectivity index (χ3v) is 4.08. The van der Waals surface area contributed by atoms with Crippen molar-refractivity contribution in [3.63, 3.8) is 0 Å². The molecule has 0 heterocycles. The van der Waals surface area contributed by atoms with Gasteiger partial charge in [0.05, 0.1) is 6.10 Å². The highest BCUT2D eigenvalue weighted by molar-refractivity contribution is 4.83. The summed E-state index contributed by atoms with van der Waals surface area (Å²) in [4.78, 5) is 6.38. The van der Waals surface area contributed by atoms with Gasteiger partial charge in [-0.3, -0.25) is 4.84 Å². The van der Waals surface area contributed by atoms with Crippen molar-refractivity contribution in [2.75, 3.05) is 0 Å². The number of hydrogen-bond acceptors (Lipinski definition) is 2. The minimum atomic E-state index is 0. The molecule has 1 aliphatic carbocycles. The summed E-state index contributed by atoms with van der Waals surface area (Å²) in [5.74, 6) is 0. The van der Waals surface area contributed by atoms with Gasteiger partial charge in [-0.1, -0.05) is 40.0 Å². The minimum absolute atomic E-state index is 0. The van der Waals surface area contributed by atoms with Gasteiger partial charge in [-0.2, -0.15) is 5.06 Å². The van der Waals surface area contributed by atoms with Gasteiger partial charge in [-0.05, 0) is 46.0 Å². The van der Waals surface area contributed by atoms with Crippen LogP contribution in [-0.2, 0) is 4.84 Å². The molecule has 2 nitrogen and oxygen atoms in total. The van der Waals surface area contributed by atoms with Gasteiger partial charge in [0, 0.05) is 13.0 Å². The Labute approximate surface area is 116 Å². The van der Waals surface area contributed by atoms with Crippen LogP contribution in [0.4, 0.5) is 0 Å². The van der Waals surface area contributed by atoms with Crippen LogP contribution < -0.4 is 0 Å². The van der Waals surface area contributed by atoms with Gasteiger partial charge in [0.1, 0.15) is 0 Å². The van der Waals surface area contributed by atoms with Crippen LogP contribution in [-0.4, -0.2) is 22.7 Å². The number of hydroxylamine groups is 2. The van der Waals surface area contributed by atoms with E-state index < -0.39 is 0 Å². The second kappa shape index (κ2) is 5.92. The van der Waals surface area contributed by atoms with E-state index in [0.29, 0.717) is 12.1 Å². The van der Waals surface area contributed by atoms with Crippen LogP contribution in [0.1, 0.15) is 82.0 Å². The molecule has 0 amide bonds. The smallest absolute Gasteiger partial charge is 0.0793 e. The molecule has 0 aromatic rings. The third-order valence-electron chi connectivity index (χ3n) is 4.08. The maximum atomic E-state index is 6.38. The molecule has 1 fully saturated rings. The zero-order valence-corrected chi connectivity index (χ0v) is 13.5. The van der Waals surface area contributed by atoms with E-state index in [1.807, 2.05) is 0 Å². The fourth-order valence-corrected chi connectivity index (χ4v) is 2.51. The van der Waals surface area contributed by atoms with Gasteiger partial charge >= 0.3 is 0 Å². The SMILES string of the molecule is CC(N(OC1CCCCC1)C(C)(C)C)C(C)(C)C.[HH]. The summed E-state index contributed by atoms with van der Waals surface area (Å²) in [6, 6.07) is 0.416. The molecule has 2 heteroatoms. The standard InChI is InChI=1S/C16H33NO.H2/c1-13(15(2,3)4)17(16(5,6)7)18-14-11-9-8-10-12-14;/h13-14H,8-12H2,1-7H3;1H.